The Morgan fingerprint density at radius 1 is 1.42 bits per heavy atom. The van der Waals surface area contributed by atoms with Crippen LogP contribution in [-0.2, 0) is 13.1 Å². The van der Waals surface area contributed by atoms with E-state index in [1.165, 1.54) is 19.6 Å². The molecule has 0 spiro atoms. The molecular weight excluding hydrogens is 238 g/mol. The van der Waals surface area contributed by atoms with Crippen molar-refractivity contribution in [1.29, 1.82) is 0 Å². The first-order valence-electron chi connectivity index (χ1n) is 7.46. The number of hydrogen-bond acceptors (Lipinski definition) is 4. The SMILES string of the molecule is CC(C)Cn1ncnc1CN1CC2CNCC2C1C. The van der Waals surface area contributed by atoms with Gasteiger partial charge in [-0.25, -0.2) is 9.67 Å². The molecule has 2 saturated heterocycles. The van der Waals surface area contributed by atoms with Crippen LogP contribution in [0.25, 0.3) is 0 Å². The average molecular weight is 263 g/mol. The summed E-state index contributed by atoms with van der Waals surface area (Å²) in [5, 5.41) is 7.87. The van der Waals surface area contributed by atoms with Crippen LogP contribution in [0.15, 0.2) is 6.33 Å². The molecule has 0 aromatic carbocycles. The summed E-state index contributed by atoms with van der Waals surface area (Å²) < 4.78 is 2.07. The Balaban J connectivity index is 1.67. The van der Waals surface area contributed by atoms with Gasteiger partial charge >= 0.3 is 0 Å². The molecule has 0 radical (unpaired) electrons. The third-order valence-corrected chi connectivity index (χ3v) is 4.64. The van der Waals surface area contributed by atoms with Crippen LogP contribution in [0.3, 0.4) is 0 Å². The second-order valence-corrected chi connectivity index (χ2v) is 6.50. The first-order valence-corrected chi connectivity index (χ1v) is 7.46. The lowest BCUT2D eigenvalue weighted by Crippen LogP contribution is -2.33. The van der Waals surface area contributed by atoms with E-state index in [0.717, 1.165) is 30.7 Å². The summed E-state index contributed by atoms with van der Waals surface area (Å²) in [7, 11) is 0. The molecule has 0 saturated carbocycles. The van der Waals surface area contributed by atoms with Gasteiger partial charge < -0.3 is 5.32 Å². The van der Waals surface area contributed by atoms with E-state index in [9.17, 15) is 0 Å². The third kappa shape index (κ3) is 2.54. The van der Waals surface area contributed by atoms with Gasteiger partial charge in [0.1, 0.15) is 12.2 Å². The van der Waals surface area contributed by atoms with E-state index >= 15 is 0 Å². The molecular formula is C14H25N5. The van der Waals surface area contributed by atoms with Gasteiger partial charge in [-0.3, -0.25) is 4.90 Å². The molecule has 0 bridgehead atoms. The molecule has 2 fully saturated rings. The Morgan fingerprint density at radius 2 is 2.26 bits per heavy atom. The molecule has 0 aliphatic carbocycles. The summed E-state index contributed by atoms with van der Waals surface area (Å²) >= 11 is 0. The van der Waals surface area contributed by atoms with Crippen molar-refractivity contribution in [2.75, 3.05) is 19.6 Å². The number of aromatic nitrogens is 3. The smallest absolute Gasteiger partial charge is 0.141 e. The molecule has 1 N–H and O–H groups in total. The lowest BCUT2D eigenvalue weighted by Gasteiger charge is -2.24. The standard InChI is InChI=1S/C14H25N5/c1-10(2)6-19-14(16-9-17-19)8-18-7-12-4-15-5-13(12)11(18)3/h9-13,15H,4-8H2,1-3H3. The van der Waals surface area contributed by atoms with E-state index in [-0.39, 0.29) is 0 Å². The van der Waals surface area contributed by atoms with Crippen LogP contribution in [0.4, 0.5) is 0 Å². The molecule has 19 heavy (non-hydrogen) atoms. The first-order chi connectivity index (χ1) is 9.15. The van der Waals surface area contributed by atoms with Crippen molar-refractivity contribution < 1.29 is 0 Å². The second-order valence-electron chi connectivity index (χ2n) is 6.50. The number of rotatable bonds is 4. The summed E-state index contributed by atoms with van der Waals surface area (Å²) in [6.07, 6.45) is 1.70. The van der Waals surface area contributed by atoms with Gasteiger partial charge in [-0.05, 0) is 37.8 Å². The number of nitrogens with zero attached hydrogens (tertiary/aromatic N) is 4. The lowest BCUT2D eigenvalue weighted by molar-refractivity contribution is 0.220. The van der Waals surface area contributed by atoms with Crippen LogP contribution in [0, 0.1) is 17.8 Å². The number of fused-ring (bicyclic) bond motifs is 1. The fourth-order valence-corrected chi connectivity index (χ4v) is 3.56. The van der Waals surface area contributed by atoms with E-state index < -0.39 is 0 Å². The van der Waals surface area contributed by atoms with E-state index in [0.29, 0.717) is 12.0 Å². The molecule has 5 heteroatoms. The van der Waals surface area contributed by atoms with Crippen molar-refractivity contribution in [2.45, 2.75) is 39.9 Å². The minimum absolute atomic E-state index is 0.611. The summed E-state index contributed by atoms with van der Waals surface area (Å²) in [6.45, 7) is 12.3. The Morgan fingerprint density at radius 3 is 3.00 bits per heavy atom. The monoisotopic (exact) mass is 263 g/mol. The van der Waals surface area contributed by atoms with Crippen molar-refractivity contribution in [3.63, 3.8) is 0 Å². The molecule has 2 aliphatic heterocycles. The average Bonchev–Trinajstić information content (AvgIpc) is 3.01. The van der Waals surface area contributed by atoms with Crippen molar-refractivity contribution in [3.8, 4) is 0 Å². The van der Waals surface area contributed by atoms with Crippen molar-refractivity contribution in [2.24, 2.45) is 17.8 Å². The normalized spacial score (nSPS) is 31.3. The Labute approximate surface area is 115 Å². The van der Waals surface area contributed by atoms with Gasteiger partial charge in [0.25, 0.3) is 0 Å². The number of likely N-dealkylation sites (tertiary alicyclic amines) is 1. The molecule has 1 aromatic heterocycles. The maximum atomic E-state index is 4.46. The van der Waals surface area contributed by atoms with Crippen LogP contribution >= 0.6 is 0 Å². The Hall–Kier alpha value is -0.940. The lowest BCUT2D eigenvalue weighted by atomic mass is 9.95. The highest BCUT2D eigenvalue weighted by Crippen LogP contribution is 2.32. The van der Waals surface area contributed by atoms with E-state index in [2.05, 4.69) is 45.8 Å². The van der Waals surface area contributed by atoms with Gasteiger partial charge in [-0.2, -0.15) is 5.10 Å². The minimum Gasteiger partial charge on any atom is -0.316 e. The molecule has 0 amide bonds. The summed E-state index contributed by atoms with van der Waals surface area (Å²) in [5.41, 5.74) is 0. The molecule has 3 unspecified atom stereocenters. The van der Waals surface area contributed by atoms with Gasteiger partial charge in [0, 0.05) is 19.1 Å². The summed E-state index contributed by atoms with van der Waals surface area (Å²) in [5.74, 6) is 3.38. The van der Waals surface area contributed by atoms with Crippen LogP contribution in [0.5, 0.6) is 0 Å². The Kier molecular flexibility index (Phi) is 3.58. The van der Waals surface area contributed by atoms with Crippen LogP contribution in [-0.4, -0.2) is 45.3 Å². The highest BCUT2D eigenvalue weighted by molar-refractivity contribution is 4.98. The largest absolute Gasteiger partial charge is 0.316 e. The zero-order valence-corrected chi connectivity index (χ0v) is 12.2. The number of hydrogen-bond donors (Lipinski definition) is 1. The van der Waals surface area contributed by atoms with Gasteiger partial charge in [0.15, 0.2) is 0 Å². The third-order valence-electron chi connectivity index (χ3n) is 4.64. The zero-order chi connectivity index (χ0) is 13.4. The summed E-state index contributed by atoms with van der Waals surface area (Å²) in [4.78, 5) is 7.04. The first kappa shape index (κ1) is 13.1. The second kappa shape index (κ2) is 5.21. The Bertz CT molecular complexity index is 427. The summed E-state index contributed by atoms with van der Waals surface area (Å²) in [6, 6.07) is 0.657. The van der Waals surface area contributed by atoms with Crippen molar-refractivity contribution in [3.05, 3.63) is 12.2 Å². The molecule has 1 aromatic rings. The molecule has 3 atom stereocenters. The fourth-order valence-electron chi connectivity index (χ4n) is 3.56. The maximum absolute atomic E-state index is 4.46. The quantitative estimate of drug-likeness (QED) is 0.879. The van der Waals surface area contributed by atoms with Crippen LogP contribution < -0.4 is 5.32 Å². The highest BCUT2D eigenvalue weighted by atomic mass is 15.4. The number of nitrogens with one attached hydrogen (secondary N) is 1. The predicted octanol–water partition coefficient (Wildman–Crippen LogP) is 0.974. The van der Waals surface area contributed by atoms with Crippen molar-refractivity contribution in [1.82, 2.24) is 25.0 Å². The van der Waals surface area contributed by atoms with Crippen LogP contribution in [0.1, 0.15) is 26.6 Å². The van der Waals surface area contributed by atoms with Gasteiger partial charge in [0.05, 0.1) is 6.54 Å². The van der Waals surface area contributed by atoms with Gasteiger partial charge in [0.2, 0.25) is 0 Å². The van der Waals surface area contributed by atoms with E-state index in [4.69, 9.17) is 0 Å². The molecule has 3 rings (SSSR count). The van der Waals surface area contributed by atoms with E-state index in [1.54, 1.807) is 6.33 Å². The van der Waals surface area contributed by atoms with Crippen molar-refractivity contribution >= 4 is 0 Å². The minimum atomic E-state index is 0.611. The van der Waals surface area contributed by atoms with E-state index in [1.807, 2.05) is 0 Å². The van der Waals surface area contributed by atoms with Gasteiger partial charge in [-0.1, -0.05) is 13.8 Å². The molecule has 5 nitrogen and oxygen atoms in total. The molecule has 106 valence electrons. The predicted molar refractivity (Wildman–Crippen MR) is 74.6 cm³/mol. The fraction of sp³-hybridized carbons (Fsp3) is 0.857. The maximum Gasteiger partial charge on any atom is 0.141 e. The molecule has 2 aliphatic rings. The van der Waals surface area contributed by atoms with Gasteiger partial charge in [-0.15, -0.1) is 0 Å². The highest BCUT2D eigenvalue weighted by Gasteiger charge is 2.41. The zero-order valence-electron chi connectivity index (χ0n) is 12.2. The topological polar surface area (TPSA) is 46.0 Å². The van der Waals surface area contributed by atoms with Crippen LogP contribution in [0.2, 0.25) is 0 Å². The molecule has 3 heterocycles.